The summed E-state index contributed by atoms with van der Waals surface area (Å²) in [6.45, 7) is 5.97. The zero-order chi connectivity index (χ0) is 13.5. The Morgan fingerprint density at radius 2 is 2.21 bits per heavy atom. The van der Waals surface area contributed by atoms with Crippen LogP contribution in [0.1, 0.15) is 31.7 Å². The van der Waals surface area contributed by atoms with E-state index in [0.717, 1.165) is 38.0 Å². The second-order valence-corrected chi connectivity index (χ2v) is 5.38. The van der Waals surface area contributed by atoms with Crippen LogP contribution in [-0.4, -0.2) is 37.7 Å². The number of likely N-dealkylation sites (N-methyl/N-ethyl adjacent to an activating group) is 1. The van der Waals surface area contributed by atoms with Gasteiger partial charge in [0.25, 0.3) is 0 Å². The number of ether oxygens (including phenoxy) is 1. The Morgan fingerprint density at radius 3 is 2.95 bits per heavy atom. The largest absolute Gasteiger partial charge is 0.492 e. The van der Waals surface area contributed by atoms with Gasteiger partial charge in [-0.2, -0.15) is 0 Å². The minimum Gasteiger partial charge on any atom is -0.492 e. The van der Waals surface area contributed by atoms with Gasteiger partial charge < -0.3 is 15.0 Å². The van der Waals surface area contributed by atoms with Gasteiger partial charge in [-0.1, -0.05) is 19.1 Å². The van der Waals surface area contributed by atoms with Crippen molar-refractivity contribution in [3.05, 3.63) is 29.8 Å². The maximum absolute atomic E-state index is 5.83. The lowest BCUT2D eigenvalue weighted by Crippen LogP contribution is -2.26. The Labute approximate surface area is 116 Å². The van der Waals surface area contributed by atoms with Crippen LogP contribution in [0.5, 0.6) is 5.75 Å². The molecule has 0 heterocycles. The molecule has 0 spiro atoms. The summed E-state index contributed by atoms with van der Waals surface area (Å²) >= 11 is 0. The van der Waals surface area contributed by atoms with Crippen LogP contribution in [0, 0.1) is 0 Å². The number of nitrogens with zero attached hydrogens (tertiary/aromatic N) is 1. The molecular weight excluding hydrogens is 236 g/mol. The normalized spacial score (nSPS) is 14.9. The number of benzene rings is 1. The fourth-order valence-electron chi connectivity index (χ4n) is 2.16. The maximum Gasteiger partial charge on any atom is 0.119 e. The monoisotopic (exact) mass is 262 g/mol. The van der Waals surface area contributed by atoms with Crippen molar-refractivity contribution in [3.63, 3.8) is 0 Å². The van der Waals surface area contributed by atoms with Crippen molar-refractivity contribution in [1.29, 1.82) is 0 Å². The zero-order valence-electron chi connectivity index (χ0n) is 12.2. The molecule has 0 aromatic heterocycles. The van der Waals surface area contributed by atoms with Crippen LogP contribution < -0.4 is 10.1 Å². The van der Waals surface area contributed by atoms with Gasteiger partial charge in [-0.25, -0.2) is 0 Å². The number of nitrogens with one attached hydrogen (secondary N) is 1. The van der Waals surface area contributed by atoms with E-state index in [1.54, 1.807) is 0 Å². The molecule has 1 fully saturated rings. The van der Waals surface area contributed by atoms with Crippen molar-refractivity contribution in [1.82, 2.24) is 10.2 Å². The van der Waals surface area contributed by atoms with Crippen molar-refractivity contribution >= 4 is 0 Å². The van der Waals surface area contributed by atoms with E-state index in [9.17, 15) is 0 Å². The highest BCUT2D eigenvalue weighted by atomic mass is 16.5. The van der Waals surface area contributed by atoms with Gasteiger partial charge in [0, 0.05) is 19.1 Å². The summed E-state index contributed by atoms with van der Waals surface area (Å²) in [6, 6.07) is 9.21. The van der Waals surface area contributed by atoms with Gasteiger partial charge in [0.15, 0.2) is 0 Å². The number of rotatable bonds is 9. The van der Waals surface area contributed by atoms with Crippen molar-refractivity contribution < 1.29 is 4.74 Å². The van der Waals surface area contributed by atoms with Crippen molar-refractivity contribution in [2.24, 2.45) is 0 Å². The van der Waals surface area contributed by atoms with E-state index in [4.69, 9.17) is 4.74 Å². The third-order valence-electron chi connectivity index (χ3n) is 3.54. The summed E-state index contributed by atoms with van der Waals surface area (Å²) in [6.07, 6.45) is 3.88. The van der Waals surface area contributed by atoms with Crippen LogP contribution in [0.15, 0.2) is 24.3 Å². The fraction of sp³-hybridized carbons (Fsp3) is 0.625. The highest BCUT2D eigenvalue weighted by Crippen LogP contribution is 2.24. The first kappa shape index (κ1) is 14.4. The quantitative estimate of drug-likeness (QED) is 0.692. The zero-order valence-corrected chi connectivity index (χ0v) is 12.2. The summed E-state index contributed by atoms with van der Waals surface area (Å²) in [5.74, 6) is 0.986. The molecule has 1 aromatic rings. The van der Waals surface area contributed by atoms with Crippen LogP contribution in [-0.2, 0) is 6.54 Å². The van der Waals surface area contributed by atoms with Gasteiger partial charge in [-0.15, -0.1) is 0 Å². The maximum atomic E-state index is 5.83. The van der Waals surface area contributed by atoms with E-state index >= 15 is 0 Å². The van der Waals surface area contributed by atoms with E-state index in [2.05, 4.69) is 42.4 Å². The fourth-order valence-corrected chi connectivity index (χ4v) is 2.16. The summed E-state index contributed by atoms with van der Waals surface area (Å²) < 4.78 is 5.83. The van der Waals surface area contributed by atoms with Crippen LogP contribution in [0.2, 0.25) is 0 Å². The molecule has 1 saturated carbocycles. The lowest BCUT2D eigenvalue weighted by atomic mass is 10.2. The minimum atomic E-state index is 0.777. The summed E-state index contributed by atoms with van der Waals surface area (Å²) in [4.78, 5) is 2.40. The molecular formula is C16H26N2O. The van der Waals surface area contributed by atoms with Gasteiger partial charge in [0.2, 0.25) is 0 Å². The number of hydrogen-bond donors (Lipinski definition) is 1. The van der Waals surface area contributed by atoms with Crippen molar-refractivity contribution in [2.75, 3.05) is 26.7 Å². The summed E-state index contributed by atoms with van der Waals surface area (Å²) in [5.41, 5.74) is 1.29. The van der Waals surface area contributed by atoms with Crippen molar-refractivity contribution in [2.45, 2.75) is 38.8 Å². The Balaban J connectivity index is 1.71. The lowest BCUT2D eigenvalue weighted by molar-refractivity contribution is 0.232. The highest BCUT2D eigenvalue weighted by Gasteiger charge is 2.25. The van der Waals surface area contributed by atoms with Gasteiger partial charge in [-0.05, 0) is 50.6 Å². The standard InChI is InChI=1S/C16H26N2O/c1-3-9-17-13-14-5-4-6-16(12-14)19-11-10-18(2)15-7-8-15/h4-6,12,15,17H,3,7-11,13H2,1-2H3. The Hall–Kier alpha value is -1.06. The smallest absolute Gasteiger partial charge is 0.119 e. The van der Waals surface area contributed by atoms with Crippen LogP contribution in [0.25, 0.3) is 0 Å². The molecule has 106 valence electrons. The summed E-state index contributed by atoms with van der Waals surface area (Å²) in [7, 11) is 2.19. The van der Waals surface area contributed by atoms with Gasteiger partial charge in [0.1, 0.15) is 12.4 Å². The topological polar surface area (TPSA) is 24.5 Å². The number of hydrogen-bond acceptors (Lipinski definition) is 3. The molecule has 3 nitrogen and oxygen atoms in total. The molecule has 0 saturated heterocycles. The first-order valence-electron chi connectivity index (χ1n) is 7.42. The van der Waals surface area contributed by atoms with Gasteiger partial charge in [-0.3, -0.25) is 0 Å². The molecule has 19 heavy (non-hydrogen) atoms. The summed E-state index contributed by atoms with van der Waals surface area (Å²) in [5, 5.41) is 3.41. The Kier molecular flexibility index (Phi) is 5.67. The third kappa shape index (κ3) is 5.21. The highest BCUT2D eigenvalue weighted by molar-refractivity contribution is 5.28. The molecule has 0 radical (unpaired) electrons. The molecule has 1 aliphatic carbocycles. The van der Waals surface area contributed by atoms with Crippen LogP contribution in [0.3, 0.4) is 0 Å². The molecule has 0 atom stereocenters. The van der Waals surface area contributed by atoms with Gasteiger partial charge in [0.05, 0.1) is 0 Å². The molecule has 0 bridgehead atoms. The molecule has 3 heteroatoms. The van der Waals surface area contributed by atoms with Crippen LogP contribution >= 0.6 is 0 Å². The third-order valence-corrected chi connectivity index (χ3v) is 3.54. The van der Waals surface area contributed by atoms with E-state index in [1.807, 2.05) is 6.07 Å². The van der Waals surface area contributed by atoms with E-state index in [-0.39, 0.29) is 0 Å². The predicted octanol–water partition coefficient (Wildman–Crippen LogP) is 2.66. The SMILES string of the molecule is CCCNCc1cccc(OCCN(C)C2CC2)c1. The molecule has 1 aromatic carbocycles. The Morgan fingerprint density at radius 1 is 1.37 bits per heavy atom. The first-order valence-corrected chi connectivity index (χ1v) is 7.42. The molecule has 0 aliphatic heterocycles. The van der Waals surface area contributed by atoms with E-state index in [1.165, 1.54) is 24.8 Å². The van der Waals surface area contributed by atoms with E-state index in [0.29, 0.717) is 0 Å². The average Bonchev–Trinajstić information content (AvgIpc) is 3.24. The second-order valence-electron chi connectivity index (χ2n) is 5.38. The molecule has 1 aliphatic rings. The van der Waals surface area contributed by atoms with Gasteiger partial charge >= 0.3 is 0 Å². The second kappa shape index (κ2) is 7.51. The lowest BCUT2D eigenvalue weighted by Gasteiger charge is -2.16. The Bertz CT molecular complexity index is 377. The predicted molar refractivity (Wildman–Crippen MR) is 79.6 cm³/mol. The molecule has 0 amide bonds. The van der Waals surface area contributed by atoms with Crippen molar-refractivity contribution in [3.8, 4) is 5.75 Å². The van der Waals surface area contributed by atoms with E-state index < -0.39 is 0 Å². The van der Waals surface area contributed by atoms with Crippen LogP contribution in [0.4, 0.5) is 0 Å². The molecule has 0 unspecified atom stereocenters. The molecule has 1 N–H and O–H groups in total. The average molecular weight is 262 g/mol. The molecule has 2 rings (SSSR count). The first-order chi connectivity index (χ1) is 9.29. The minimum absolute atomic E-state index is 0.777.